The van der Waals surface area contributed by atoms with Crippen LogP contribution in [-0.2, 0) is 6.42 Å². The van der Waals surface area contributed by atoms with Crippen LogP contribution in [-0.4, -0.2) is 10.9 Å². The molecule has 0 spiro atoms. The molecule has 0 saturated heterocycles. The number of nitrogens with zero attached hydrogens (tertiary/aromatic N) is 1. The Morgan fingerprint density at radius 3 is 3.27 bits per heavy atom. The second-order valence-electron chi connectivity index (χ2n) is 3.82. The van der Waals surface area contributed by atoms with Crippen molar-refractivity contribution in [2.45, 2.75) is 19.4 Å². The van der Waals surface area contributed by atoms with Crippen molar-refractivity contribution in [3.05, 3.63) is 38.5 Å². The first-order chi connectivity index (χ1) is 7.34. The molecule has 1 aliphatic heterocycles. The molecule has 3 rings (SSSR count). The molecule has 0 amide bonds. The van der Waals surface area contributed by atoms with Crippen molar-refractivity contribution in [2.75, 3.05) is 6.54 Å². The highest BCUT2D eigenvalue weighted by Gasteiger charge is 2.23. The molecule has 0 aliphatic carbocycles. The minimum absolute atomic E-state index is 0.389. The van der Waals surface area contributed by atoms with Crippen LogP contribution in [0.25, 0.3) is 0 Å². The van der Waals surface area contributed by atoms with Gasteiger partial charge in [0.05, 0.1) is 11.7 Å². The molecule has 3 heterocycles. The summed E-state index contributed by atoms with van der Waals surface area (Å²) in [4.78, 5) is 2.82. The predicted octanol–water partition coefficient (Wildman–Crippen LogP) is 2.75. The molecule has 0 aromatic carbocycles. The summed E-state index contributed by atoms with van der Waals surface area (Å²) in [5.74, 6) is 0. The highest BCUT2D eigenvalue weighted by molar-refractivity contribution is 7.10. The Labute approximate surface area is 97.1 Å². The maximum Gasteiger partial charge on any atom is 0.0783 e. The molecule has 78 valence electrons. The average molecular weight is 236 g/mol. The van der Waals surface area contributed by atoms with Gasteiger partial charge in [-0.1, -0.05) is 0 Å². The van der Waals surface area contributed by atoms with E-state index in [2.05, 4.69) is 34.1 Å². The van der Waals surface area contributed by atoms with Gasteiger partial charge in [-0.15, -0.1) is 11.3 Å². The van der Waals surface area contributed by atoms with Gasteiger partial charge in [-0.2, -0.15) is 4.37 Å². The molecule has 2 aromatic rings. The summed E-state index contributed by atoms with van der Waals surface area (Å²) in [6, 6.07) is 4.83. The Balaban J connectivity index is 2.02. The Hall–Kier alpha value is -0.710. The summed E-state index contributed by atoms with van der Waals surface area (Å²) in [5.41, 5.74) is 2.63. The van der Waals surface area contributed by atoms with E-state index in [4.69, 9.17) is 0 Å². The van der Waals surface area contributed by atoms with E-state index < -0.39 is 0 Å². The first-order valence-electron chi connectivity index (χ1n) is 5.07. The lowest BCUT2D eigenvalue weighted by molar-refractivity contribution is 0.585. The average Bonchev–Trinajstić information content (AvgIpc) is 2.84. The second kappa shape index (κ2) is 3.70. The first kappa shape index (κ1) is 9.51. The van der Waals surface area contributed by atoms with Crippen LogP contribution in [0.3, 0.4) is 0 Å². The van der Waals surface area contributed by atoms with Crippen molar-refractivity contribution in [3.8, 4) is 0 Å². The lowest BCUT2D eigenvalue weighted by atomic mass is 10.0. The lowest BCUT2D eigenvalue weighted by Crippen LogP contribution is -2.28. The zero-order valence-corrected chi connectivity index (χ0v) is 10.1. The third-order valence-electron chi connectivity index (χ3n) is 2.72. The number of thiophene rings is 1. The second-order valence-corrected chi connectivity index (χ2v) is 5.60. The normalized spacial score (nSPS) is 20.2. The van der Waals surface area contributed by atoms with Gasteiger partial charge in [-0.05, 0) is 48.0 Å². The summed E-state index contributed by atoms with van der Waals surface area (Å²) in [5, 5.41) is 5.76. The summed E-state index contributed by atoms with van der Waals surface area (Å²) in [6.07, 6.45) is 1.16. The van der Waals surface area contributed by atoms with E-state index in [0.717, 1.165) is 18.7 Å². The minimum Gasteiger partial charge on any atom is -0.305 e. The van der Waals surface area contributed by atoms with E-state index in [1.165, 1.54) is 15.3 Å². The molecule has 2 nitrogen and oxygen atoms in total. The van der Waals surface area contributed by atoms with Gasteiger partial charge in [0.1, 0.15) is 0 Å². The molecule has 0 bridgehead atoms. The molecular weight excluding hydrogens is 224 g/mol. The van der Waals surface area contributed by atoms with Crippen molar-refractivity contribution >= 4 is 22.9 Å². The number of aromatic nitrogens is 1. The highest BCUT2D eigenvalue weighted by atomic mass is 32.1. The van der Waals surface area contributed by atoms with Crippen LogP contribution in [0.1, 0.15) is 27.1 Å². The minimum atomic E-state index is 0.389. The molecule has 0 fully saturated rings. The standard InChI is InChI=1S/C11H12N2S2/c1-7-6-9(15-13-7)10-11-8(2-4-12-10)3-5-14-11/h3,5-6,10,12H,2,4H2,1H3. The molecule has 0 radical (unpaired) electrons. The van der Waals surface area contributed by atoms with Crippen LogP contribution in [0.4, 0.5) is 0 Å². The fourth-order valence-corrected chi connectivity index (χ4v) is 3.95. The number of hydrogen-bond donors (Lipinski definition) is 1. The largest absolute Gasteiger partial charge is 0.305 e. The van der Waals surface area contributed by atoms with Crippen molar-refractivity contribution in [3.63, 3.8) is 0 Å². The van der Waals surface area contributed by atoms with Gasteiger partial charge in [-0.3, -0.25) is 0 Å². The van der Waals surface area contributed by atoms with E-state index in [9.17, 15) is 0 Å². The topological polar surface area (TPSA) is 24.9 Å². The Morgan fingerprint density at radius 2 is 2.47 bits per heavy atom. The van der Waals surface area contributed by atoms with E-state index in [-0.39, 0.29) is 0 Å². The van der Waals surface area contributed by atoms with Gasteiger partial charge in [0.25, 0.3) is 0 Å². The van der Waals surface area contributed by atoms with Crippen LogP contribution in [0.2, 0.25) is 0 Å². The molecular formula is C11H12N2S2. The lowest BCUT2D eigenvalue weighted by Gasteiger charge is -2.22. The fourth-order valence-electron chi connectivity index (χ4n) is 2.00. The maximum atomic E-state index is 4.36. The van der Waals surface area contributed by atoms with Gasteiger partial charge >= 0.3 is 0 Å². The number of hydrogen-bond acceptors (Lipinski definition) is 4. The number of aryl methyl sites for hydroxylation is 1. The number of fused-ring (bicyclic) bond motifs is 1. The Morgan fingerprint density at radius 1 is 1.53 bits per heavy atom. The van der Waals surface area contributed by atoms with Gasteiger partial charge in [0.2, 0.25) is 0 Å². The van der Waals surface area contributed by atoms with Crippen molar-refractivity contribution in [1.29, 1.82) is 0 Å². The third-order valence-corrected chi connectivity index (χ3v) is 4.68. The van der Waals surface area contributed by atoms with Crippen LogP contribution < -0.4 is 5.32 Å². The molecule has 1 N–H and O–H groups in total. The van der Waals surface area contributed by atoms with Crippen LogP contribution in [0.15, 0.2) is 17.5 Å². The maximum absolute atomic E-state index is 4.36. The summed E-state index contributed by atoms with van der Waals surface area (Å²) in [6.45, 7) is 3.13. The molecule has 15 heavy (non-hydrogen) atoms. The fraction of sp³-hybridized carbons (Fsp3) is 0.364. The Bertz CT molecular complexity index is 472. The zero-order valence-electron chi connectivity index (χ0n) is 8.49. The number of rotatable bonds is 1. The van der Waals surface area contributed by atoms with Crippen molar-refractivity contribution < 1.29 is 0 Å². The summed E-state index contributed by atoms with van der Waals surface area (Å²) in [7, 11) is 0. The molecule has 0 saturated carbocycles. The van der Waals surface area contributed by atoms with Gasteiger partial charge < -0.3 is 5.32 Å². The third kappa shape index (κ3) is 1.62. The number of nitrogens with one attached hydrogen (secondary N) is 1. The monoisotopic (exact) mass is 236 g/mol. The summed E-state index contributed by atoms with van der Waals surface area (Å²) >= 11 is 3.47. The molecule has 1 aliphatic rings. The van der Waals surface area contributed by atoms with Crippen molar-refractivity contribution in [2.24, 2.45) is 0 Å². The predicted molar refractivity (Wildman–Crippen MR) is 64.7 cm³/mol. The van der Waals surface area contributed by atoms with Crippen LogP contribution >= 0.6 is 22.9 Å². The first-order valence-corrected chi connectivity index (χ1v) is 6.73. The Kier molecular flexibility index (Phi) is 2.35. The molecule has 2 aromatic heterocycles. The van der Waals surface area contributed by atoms with Gasteiger partial charge in [-0.25, -0.2) is 0 Å². The van der Waals surface area contributed by atoms with Crippen LogP contribution in [0.5, 0.6) is 0 Å². The van der Waals surface area contributed by atoms with Crippen LogP contribution in [0, 0.1) is 6.92 Å². The van der Waals surface area contributed by atoms with E-state index >= 15 is 0 Å². The van der Waals surface area contributed by atoms with E-state index in [1.54, 1.807) is 11.5 Å². The SMILES string of the molecule is Cc1cc(C2NCCc3ccsc32)sn1. The van der Waals surface area contributed by atoms with Gasteiger partial charge in [0.15, 0.2) is 0 Å². The molecule has 1 atom stereocenters. The molecule has 4 heteroatoms. The highest BCUT2D eigenvalue weighted by Crippen LogP contribution is 2.34. The smallest absolute Gasteiger partial charge is 0.0783 e. The quantitative estimate of drug-likeness (QED) is 0.823. The van der Waals surface area contributed by atoms with Gasteiger partial charge in [0, 0.05) is 16.3 Å². The summed E-state index contributed by atoms with van der Waals surface area (Å²) < 4.78 is 4.36. The van der Waals surface area contributed by atoms with E-state index in [0.29, 0.717) is 6.04 Å². The van der Waals surface area contributed by atoms with E-state index in [1.807, 2.05) is 11.3 Å². The molecule has 1 unspecified atom stereocenters. The van der Waals surface area contributed by atoms with Crippen molar-refractivity contribution in [1.82, 2.24) is 9.69 Å². The zero-order chi connectivity index (χ0) is 10.3.